The average Bonchev–Trinajstić information content (AvgIpc) is 1.58. The fourth-order valence-electron chi connectivity index (χ4n) is 16.8. The number of hydrogen-bond acceptors (Lipinski definition) is 6. The molecule has 0 aliphatic carbocycles. The second-order valence-electron chi connectivity index (χ2n) is 29.9. The van der Waals surface area contributed by atoms with Gasteiger partial charge in [0.05, 0.1) is 33.4 Å². The zero-order valence-electron chi connectivity index (χ0n) is 63.8. The van der Waals surface area contributed by atoms with Crippen molar-refractivity contribution in [1.29, 1.82) is 0 Å². The molecule has 0 aliphatic rings. The normalized spacial score (nSPS) is 11.6. The zero-order chi connectivity index (χ0) is 78.3. The number of hydrogen-bond donors (Lipinski definition) is 0. The van der Waals surface area contributed by atoms with E-state index >= 15 is 17.6 Å². The first-order valence-electron chi connectivity index (χ1n) is 38.4. The van der Waals surface area contributed by atoms with E-state index in [0.29, 0.717) is 63.6 Å². The van der Waals surface area contributed by atoms with E-state index in [9.17, 15) is 0 Å². The number of aromatic nitrogens is 8. The molecule has 19 rings (SSSR count). The van der Waals surface area contributed by atoms with Crippen LogP contribution in [0.15, 0.2) is 315 Å². The first-order chi connectivity index (χ1) is 56.1. The van der Waals surface area contributed by atoms with Crippen LogP contribution in [0.25, 0.3) is 179 Å². The quantitative estimate of drug-likeness (QED) is 0.0951. The number of halogens is 4. The summed E-state index contributed by atoms with van der Waals surface area (Å²) < 4.78 is 67.6. The van der Waals surface area contributed by atoms with E-state index in [0.717, 1.165) is 139 Å². The van der Waals surface area contributed by atoms with Crippen LogP contribution in [0.3, 0.4) is 0 Å². The molecule has 0 spiro atoms. The minimum absolute atomic E-state index is 0.102. The van der Waals surface area contributed by atoms with Crippen LogP contribution < -0.4 is 0 Å². The lowest BCUT2D eigenvalue weighted by molar-refractivity contribution is 0.511. The van der Waals surface area contributed by atoms with Crippen molar-refractivity contribution in [3.8, 4) is 135 Å². The molecule has 0 saturated carbocycles. The molecule has 115 heavy (non-hydrogen) atoms. The van der Waals surface area contributed by atoms with Gasteiger partial charge in [-0.3, -0.25) is 0 Å². The largest absolute Gasteiger partial charge is 0.309 e. The van der Waals surface area contributed by atoms with Gasteiger partial charge < -0.3 is 9.13 Å². The molecule has 0 atom stereocenters. The maximum absolute atomic E-state index is 16.2. The van der Waals surface area contributed by atoms with E-state index in [1.807, 2.05) is 158 Å². The van der Waals surface area contributed by atoms with Crippen LogP contribution in [0.2, 0.25) is 0 Å². The van der Waals surface area contributed by atoms with Crippen LogP contribution in [0.4, 0.5) is 17.6 Å². The summed E-state index contributed by atoms with van der Waals surface area (Å²) in [5, 5.41) is 4.08. The topological polar surface area (TPSA) is 87.2 Å². The van der Waals surface area contributed by atoms with Gasteiger partial charge in [-0.1, -0.05) is 254 Å². The number of aryl methyl sites for hydroxylation is 6. The Morgan fingerprint density at radius 2 is 0.609 bits per heavy atom. The second kappa shape index (κ2) is 29.1. The van der Waals surface area contributed by atoms with Crippen LogP contribution in [0, 0.1) is 64.8 Å². The third-order valence-corrected chi connectivity index (χ3v) is 22.1. The highest BCUT2D eigenvalue weighted by molar-refractivity contribution is 6.13. The fourth-order valence-corrected chi connectivity index (χ4v) is 16.8. The number of nitrogens with zero attached hydrogens (tertiary/aromatic N) is 8. The van der Waals surface area contributed by atoms with Crippen molar-refractivity contribution in [2.24, 2.45) is 0 Å². The average molecular weight is 1500 g/mol. The predicted molar refractivity (Wildman–Crippen MR) is 459 cm³/mol. The molecule has 0 amide bonds. The summed E-state index contributed by atoms with van der Waals surface area (Å²) >= 11 is 0. The third-order valence-electron chi connectivity index (χ3n) is 22.1. The summed E-state index contributed by atoms with van der Waals surface area (Å²) in [6, 6.07) is 104. The van der Waals surface area contributed by atoms with Gasteiger partial charge in [-0.25, -0.2) is 47.5 Å². The summed E-state index contributed by atoms with van der Waals surface area (Å²) in [4.78, 5) is 31.2. The van der Waals surface area contributed by atoms with Gasteiger partial charge in [-0.15, -0.1) is 0 Å². The highest BCUT2D eigenvalue weighted by Crippen LogP contribution is 2.46. The molecule has 4 aromatic heterocycles. The molecule has 19 aromatic rings. The molecule has 15 aromatic carbocycles. The van der Waals surface area contributed by atoms with Crippen molar-refractivity contribution in [2.75, 3.05) is 0 Å². The van der Waals surface area contributed by atoms with Gasteiger partial charge in [0, 0.05) is 66.1 Å². The molecular weight excluding hydrogens is 1430 g/mol. The van der Waals surface area contributed by atoms with Gasteiger partial charge in [0.15, 0.2) is 58.2 Å². The Hall–Kier alpha value is -14.4. The molecule has 0 fully saturated rings. The summed E-state index contributed by atoms with van der Waals surface area (Å²) in [6.07, 6.45) is 0.609. The fraction of sp³-hybridized carbons (Fsp3) is 0.0680. The molecule has 0 saturated heterocycles. The Morgan fingerprint density at radius 1 is 0.235 bits per heavy atom. The van der Waals surface area contributed by atoms with E-state index < -0.39 is 23.3 Å². The van der Waals surface area contributed by atoms with Gasteiger partial charge in [0.2, 0.25) is 0 Å². The molecule has 8 nitrogen and oxygen atoms in total. The molecule has 552 valence electrons. The predicted octanol–water partition coefficient (Wildman–Crippen LogP) is 26.6. The Balaban J connectivity index is 0.767. The Morgan fingerprint density at radius 3 is 1.07 bits per heavy atom. The van der Waals surface area contributed by atoms with Crippen molar-refractivity contribution in [3.63, 3.8) is 0 Å². The lowest BCUT2D eigenvalue weighted by atomic mass is 9.92. The number of benzene rings is 15. The van der Waals surface area contributed by atoms with Gasteiger partial charge >= 0.3 is 0 Å². The van der Waals surface area contributed by atoms with Crippen molar-refractivity contribution >= 4 is 43.6 Å². The smallest absolute Gasteiger partial charge is 0.166 e. The van der Waals surface area contributed by atoms with Crippen LogP contribution in [0.5, 0.6) is 0 Å². The van der Waals surface area contributed by atoms with Gasteiger partial charge in [0.1, 0.15) is 0 Å². The summed E-state index contributed by atoms with van der Waals surface area (Å²) in [6.45, 7) is 12.9. The summed E-state index contributed by atoms with van der Waals surface area (Å²) in [5.74, 6) is -1.28. The van der Waals surface area contributed by atoms with Crippen molar-refractivity contribution in [1.82, 2.24) is 39.0 Å². The Bertz CT molecular complexity index is 6980. The first kappa shape index (κ1) is 71.0. The highest BCUT2D eigenvalue weighted by Gasteiger charge is 2.27. The molecule has 0 bridgehead atoms. The van der Waals surface area contributed by atoms with E-state index in [-0.39, 0.29) is 11.1 Å². The van der Waals surface area contributed by atoms with Gasteiger partial charge in [-0.2, -0.15) is 0 Å². The molecular formula is C103H72F4N8. The highest BCUT2D eigenvalue weighted by atomic mass is 19.2. The summed E-state index contributed by atoms with van der Waals surface area (Å²) in [5.41, 5.74) is 26.2. The molecule has 12 heteroatoms. The van der Waals surface area contributed by atoms with E-state index in [2.05, 4.69) is 172 Å². The lowest BCUT2D eigenvalue weighted by Gasteiger charge is -2.17. The minimum atomic E-state index is -0.955. The first-order valence-corrected chi connectivity index (χ1v) is 38.4. The summed E-state index contributed by atoms with van der Waals surface area (Å²) in [7, 11) is 0. The van der Waals surface area contributed by atoms with E-state index in [1.54, 1.807) is 12.1 Å². The van der Waals surface area contributed by atoms with E-state index in [4.69, 9.17) is 29.9 Å². The van der Waals surface area contributed by atoms with Crippen molar-refractivity contribution in [3.05, 3.63) is 383 Å². The van der Waals surface area contributed by atoms with Crippen LogP contribution in [-0.2, 0) is 6.42 Å². The zero-order valence-corrected chi connectivity index (χ0v) is 63.8. The van der Waals surface area contributed by atoms with Crippen molar-refractivity contribution in [2.45, 2.75) is 48.0 Å². The van der Waals surface area contributed by atoms with Crippen LogP contribution in [-0.4, -0.2) is 39.0 Å². The molecule has 0 aliphatic heterocycles. The minimum Gasteiger partial charge on any atom is -0.309 e. The Kier molecular flexibility index (Phi) is 17.9. The number of fused-ring (bicyclic) bond motifs is 6. The molecule has 0 N–H and O–H groups in total. The molecule has 0 radical (unpaired) electrons. The van der Waals surface area contributed by atoms with Crippen LogP contribution in [0.1, 0.15) is 44.5 Å². The third kappa shape index (κ3) is 13.1. The number of rotatable bonds is 15. The van der Waals surface area contributed by atoms with E-state index in [1.165, 1.54) is 39.9 Å². The standard InChI is InChI=1S/C103H72F4N8/c1-60-33-41-77(62(3)49-60)74-36-43-81-82-44-37-75(59-94(82)115(93(81)58-74)92-47-39-73(80-30-20-32-88(105)97(80)107)56-86(92)103-112-100(70-25-15-9-16-26-70)109-101(113-103)71-27-17-10-18-28-71)78-42-34-66(52-63(78)4)53-67-35-45-89-83(54-67)84-57-76(95-64(5)50-61(2)51-65(95)6)40-48-90(84)114(89)91-46-38-72(79-29-19-31-87(104)96(79)106)55-85(91)102-110-98(68-21-11-7-12-22-68)108-99(111-102)69-23-13-8-14-24-69/h7-52,54-59H,53H2,1-6H3. The molecule has 4 heterocycles. The van der Waals surface area contributed by atoms with Crippen LogP contribution >= 0.6 is 0 Å². The Labute approximate surface area is 662 Å². The maximum Gasteiger partial charge on any atom is 0.166 e. The van der Waals surface area contributed by atoms with Gasteiger partial charge in [0.25, 0.3) is 0 Å². The van der Waals surface area contributed by atoms with Crippen molar-refractivity contribution < 1.29 is 17.6 Å². The SMILES string of the molecule is Cc1ccc(-c2ccc3c4ccc(-c5ccc(Cc6ccc7c(c6)c6cc(-c8c(C)cc(C)cc8C)ccc6n7-c6ccc(-c7cccc(F)c7F)cc6-c6nc(-c7ccccc7)nc(-c7ccccc7)n6)cc5C)cc4n(-c4ccc(-c5cccc(F)c5F)cc4-c4nc(-c5ccccc5)nc(-c5ccccc5)n4)c3c2)c(C)c1. The maximum atomic E-state index is 16.2. The van der Waals surface area contributed by atoms with Gasteiger partial charge in [-0.05, 0) is 199 Å². The second-order valence-corrected chi connectivity index (χ2v) is 29.9. The molecule has 0 unspecified atom stereocenters. The monoisotopic (exact) mass is 1500 g/mol. The lowest BCUT2D eigenvalue weighted by Crippen LogP contribution is -2.04.